The molecule has 7 N–H and O–H groups in total. The Morgan fingerprint density at radius 1 is 0.741 bits per heavy atom. The minimum absolute atomic E-state index is 0.142. The molecule has 0 aromatic carbocycles. The maximum Gasteiger partial charge on any atom is 0.317 e. The zero-order valence-corrected chi connectivity index (χ0v) is 33.2. The molecule has 1 spiro atoms. The van der Waals surface area contributed by atoms with Gasteiger partial charge < -0.3 is 59.4 Å². The van der Waals surface area contributed by atoms with Crippen molar-refractivity contribution < 1.29 is 64.2 Å². The minimum Gasteiger partial charge on any atom is -0.455 e. The summed E-state index contributed by atoms with van der Waals surface area (Å²) in [5.74, 6) is 0.0692. The summed E-state index contributed by atoms with van der Waals surface area (Å²) in [4.78, 5) is 13.7. The Bertz CT molecular complexity index is 1560. The van der Waals surface area contributed by atoms with E-state index in [0.717, 1.165) is 36.8 Å². The van der Waals surface area contributed by atoms with Gasteiger partial charge in [-0.2, -0.15) is 0 Å². The maximum atomic E-state index is 13.7. The summed E-state index contributed by atoms with van der Waals surface area (Å²) in [6, 6.07) is 0. The Hall–Kier alpha value is -1.23. The molecule has 0 aromatic heterocycles. The van der Waals surface area contributed by atoms with Gasteiger partial charge in [-0.25, -0.2) is 0 Å². The molecule has 0 amide bonds. The summed E-state index contributed by atoms with van der Waals surface area (Å²) in [5, 5.41) is 77.6. The number of fused-ring (bicyclic) bond motifs is 7. The second kappa shape index (κ2) is 12.4. The molecule has 19 atom stereocenters. The van der Waals surface area contributed by atoms with Crippen LogP contribution in [0.3, 0.4) is 0 Å². The summed E-state index contributed by atoms with van der Waals surface area (Å²) in [7, 11) is 0. The van der Waals surface area contributed by atoms with Crippen LogP contribution in [0.5, 0.6) is 0 Å². The van der Waals surface area contributed by atoms with Crippen molar-refractivity contribution in [2.75, 3.05) is 6.61 Å². The molecule has 0 radical (unpaired) electrons. The van der Waals surface area contributed by atoms with E-state index >= 15 is 0 Å². The van der Waals surface area contributed by atoms with Crippen LogP contribution in [0.2, 0.25) is 0 Å². The summed E-state index contributed by atoms with van der Waals surface area (Å²) in [5.41, 5.74) is -2.95. The Kier molecular flexibility index (Phi) is 9.09. The van der Waals surface area contributed by atoms with Crippen LogP contribution in [0.1, 0.15) is 113 Å². The average molecular weight is 765 g/mol. The number of carbonyl (C=O) groups is 1. The minimum atomic E-state index is -1.61. The van der Waals surface area contributed by atoms with Crippen molar-refractivity contribution in [3.63, 3.8) is 0 Å². The maximum absolute atomic E-state index is 13.7. The van der Waals surface area contributed by atoms with Crippen LogP contribution in [0, 0.1) is 38.9 Å². The second-order valence-electron chi connectivity index (χ2n) is 20.2. The highest BCUT2D eigenvalue weighted by atomic mass is 16.8. The smallest absolute Gasteiger partial charge is 0.317 e. The van der Waals surface area contributed by atoms with E-state index < -0.39 is 88.9 Å². The fourth-order valence-corrected chi connectivity index (χ4v) is 13.9. The zero-order valence-electron chi connectivity index (χ0n) is 33.2. The number of hydrogen-bond acceptors (Lipinski definition) is 13. The fraction of sp³-hybridized carbons (Fsp3) is 0.927. The number of esters is 1. The van der Waals surface area contributed by atoms with Gasteiger partial charge >= 0.3 is 5.97 Å². The molecule has 13 nitrogen and oxygen atoms in total. The average Bonchev–Trinajstić information content (AvgIpc) is 3.09. The van der Waals surface area contributed by atoms with Gasteiger partial charge in [0.2, 0.25) is 0 Å². The SMILES string of the molecule is C[C@@H]1O[C@@H](O[C@H]2[C@H](O[C@H]3CC[C@@]4(C)C(CC[C@]5(C)C4CC(O)C4=C6[C@]7(CC[C@](C)(OC7=O)[C@@]6(C)O)CC[C@]45C)C3(C)C)OC[C@H](O)[C@@H]2O)[C@H](O)[C@H](O)[C@H]1O. The van der Waals surface area contributed by atoms with Gasteiger partial charge in [-0.1, -0.05) is 34.6 Å². The molecule has 2 bridgehead atoms. The molecule has 306 valence electrons. The van der Waals surface area contributed by atoms with Crippen molar-refractivity contribution in [2.24, 2.45) is 38.9 Å². The number of ether oxygens (including phenoxy) is 5. The van der Waals surface area contributed by atoms with Gasteiger partial charge in [0.05, 0.1) is 30.3 Å². The summed E-state index contributed by atoms with van der Waals surface area (Å²) in [6.45, 7) is 16.4. The third-order valence-corrected chi connectivity index (χ3v) is 17.5. The molecule has 4 heterocycles. The first kappa shape index (κ1) is 39.6. The van der Waals surface area contributed by atoms with Crippen LogP contribution in [-0.2, 0) is 28.5 Å². The van der Waals surface area contributed by atoms with Gasteiger partial charge in [0.25, 0.3) is 0 Å². The van der Waals surface area contributed by atoms with Crippen LogP contribution >= 0.6 is 0 Å². The normalized spacial score (nSPS) is 58.1. The first-order valence-corrected chi connectivity index (χ1v) is 20.4. The highest BCUT2D eigenvalue weighted by molar-refractivity contribution is 5.86. The molecule has 54 heavy (non-hydrogen) atoms. The van der Waals surface area contributed by atoms with E-state index in [4.69, 9.17) is 23.7 Å². The van der Waals surface area contributed by atoms with Crippen LogP contribution in [0.4, 0.5) is 0 Å². The van der Waals surface area contributed by atoms with E-state index in [0.29, 0.717) is 32.1 Å². The van der Waals surface area contributed by atoms with Crippen molar-refractivity contribution in [1.29, 1.82) is 0 Å². The molecule has 13 heteroatoms. The lowest BCUT2D eigenvalue weighted by molar-refractivity contribution is -0.364. The van der Waals surface area contributed by atoms with E-state index in [1.54, 1.807) is 6.92 Å². The third-order valence-electron chi connectivity index (χ3n) is 17.5. The molecule has 4 aliphatic heterocycles. The Morgan fingerprint density at radius 3 is 2.11 bits per heavy atom. The van der Waals surface area contributed by atoms with E-state index in [-0.39, 0.29) is 41.3 Å². The molecular formula is C41H64O13. The Morgan fingerprint density at radius 2 is 1.43 bits per heavy atom. The van der Waals surface area contributed by atoms with Crippen molar-refractivity contribution in [3.05, 3.63) is 11.1 Å². The molecule has 9 aliphatic rings. The van der Waals surface area contributed by atoms with Crippen molar-refractivity contribution >= 4 is 5.97 Å². The lowest BCUT2D eigenvalue weighted by Crippen LogP contribution is -2.72. The second-order valence-corrected chi connectivity index (χ2v) is 20.2. The summed E-state index contributed by atoms with van der Waals surface area (Å²) >= 11 is 0. The number of carbonyl (C=O) groups excluding carboxylic acids is 1. The molecule has 4 saturated heterocycles. The molecule has 9 rings (SSSR count). The van der Waals surface area contributed by atoms with Crippen molar-refractivity contribution in [3.8, 4) is 0 Å². The van der Waals surface area contributed by atoms with Crippen LogP contribution in [-0.4, -0.2) is 127 Å². The van der Waals surface area contributed by atoms with Gasteiger partial charge in [0.1, 0.15) is 47.8 Å². The molecule has 5 aliphatic carbocycles. The van der Waals surface area contributed by atoms with Crippen molar-refractivity contribution in [2.45, 2.75) is 192 Å². The highest BCUT2D eigenvalue weighted by Crippen LogP contribution is 2.77. The number of hydrogen-bond donors (Lipinski definition) is 7. The van der Waals surface area contributed by atoms with Gasteiger partial charge in [0.15, 0.2) is 12.6 Å². The molecular weight excluding hydrogens is 700 g/mol. The lowest BCUT2D eigenvalue weighted by Gasteiger charge is -2.73. The van der Waals surface area contributed by atoms with Gasteiger partial charge in [-0.3, -0.25) is 4.79 Å². The molecule has 4 saturated carbocycles. The van der Waals surface area contributed by atoms with Gasteiger partial charge in [-0.15, -0.1) is 0 Å². The van der Waals surface area contributed by atoms with Gasteiger partial charge in [0, 0.05) is 0 Å². The topological polar surface area (TPSA) is 205 Å². The third kappa shape index (κ3) is 4.99. The quantitative estimate of drug-likeness (QED) is 0.125. The largest absolute Gasteiger partial charge is 0.455 e. The van der Waals surface area contributed by atoms with Crippen LogP contribution < -0.4 is 0 Å². The predicted molar refractivity (Wildman–Crippen MR) is 191 cm³/mol. The summed E-state index contributed by atoms with van der Waals surface area (Å²) in [6.07, 6.45) is -6.65. The van der Waals surface area contributed by atoms with E-state index in [1.165, 1.54) is 6.92 Å². The summed E-state index contributed by atoms with van der Waals surface area (Å²) < 4.78 is 30.4. The Balaban J connectivity index is 1.07. The van der Waals surface area contributed by atoms with E-state index in [1.807, 2.05) is 6.92 Å². The van der Waals surface area contributed by atoms with E-state index in [2.05, 4.69) is 34.6 Å². The van der Waals surface area contributed by atoms with Gasteiger partial charge in [-0.05, 0) is 123 Å². The standard InChI is InChI=1S/C41H64O13/c1-19-26(44)28(46)29(47)32(51-19)53-30-27(45)21(43)18-50-33(30)52-24-10-11-36(4)22(35(24,2)3)9-12-37(5)23(36)17-20(42)25-31-40(8,49)39(7)14-16-41(31,34(48)54-39)15-13-38(25,37)6/h19-24,26-30,32-33,42-47,49H,9-18H2,1-8H3/t19-,20?,21-,22?,23?,24-,26-,27-,28+,29+,30+,32-,33-,36-,37+,38+,39-,40-,41+/m0/s1. The molecule has 3 unspecified atom stereocenters. The van der Waals surface area contributed by atoms with Crippen molar-refractivity contribution in [1.82, 2.24) is 0 Å². The predicted octanol–water partition coefficient (Wildman–Crippen LogP) is 2.23. The number of rotatable bonds is 4. The van der Waals surface area contributed by atoms with Crippen LogP contribution in [0.15, 0.2) is 11.1 Å². The monoisotopic (exact) mass is 764 g/mol. The zero-order chi connectivity index (χ0) is 39.3. The highest BCUT2D eigenvalue weighted by Gasteiger charge is 2.75. The Labute approximate surface area is 318 Å². The molecule has 0 aromatic rings. The number of aliphatic hydroxyl groups is 7. The van der Waals surface area contributed by atoms with Crippen LogP contribution in [0.25, 0.3) is 0 Å². The lowest BCUT2D eigenvalue weighted by atomic mass is 9.33. The fourth-order valence-electron chi connectivity index (χ4n) is 13.9. The number of aliphatic hydroxyl groups excluding tert-OH is 6. The first-order chi connectivity index (χ1) is 25.0. The van der Waals surface area contributed by atoms with E-state index in [9.17, 15) is 40.5 Å². The molecule has 8 fully saturated rings. The first-order valence-electron chi connectivity index (χ1n) is 20.4.